The van der Waals surface area contributed by atoms with Gasteiger partial charge >= 0.3 is 0 Å². The highest BCUT2D eigenvalue weighted by atomic mass is 35.5. The molecule has 0 amide bonds. The largest absolute Gasteiger partial charge is 0.357 e. The smallest absolute Gasteiger partial charge is 0.128 e. The number of nitrogens with one attached hydrogen (secondary N) is 1. The van der Waals surface area contributed by atoms with E-state index in [9.17, 15) is 0 Å². The van der Waals surface area contributed by atoms with E-state index in [2.05, 4.69) is 23.3 Å². The first-order chi connectivity index (χ1) is 10.2. The molecular weight excluding hydrogens is 282 g/mol. The van der Waals surface area contributed by atoms with Gasteiger partial charge in [0.2, 0.25) is 0 Å². The van der Waals surface area contributed by atoms with E-state index < -0.39 is 0 Å². The molecule has 0 spiro atoms. The van der Waals surface area contributed by atoms with Crippen molar-refractivity contribution in [3.8, 4) is 0 Å². The molecule has 0 atom stereocenters. The molecule has 0 aliphatic heterocycles. The summed E-state index contributed by atoms with van der Waals surface area (Å²) in [4.78, 5) is 7.17. The lowest BCUT2D eigenvalue weighted by atomic mass is 10.1. The summed E-state index contributed by atoms with van der Waals surface area (Å²) < 4.78 is 0. The average Bonchev–Trinajstić information content (AvgIpc) is 3.32. The van der Waals surface area contributed by atoms with Gasteiger partial charge in [-0.1, -0.05) is 37.3 Å². The van der Waals surface area contributed by atoms with Gasteiger partial charge in [-0.25, -0.2) is 4.98 Å². The third kappa shape index (κ3) is 4.10. The molecule has 0 unspecified atom stereocenters. The molecule has 2 fully saturated rings. The van der Waals surface area contributed by atoms with Crippen LogP contribution in [-0.4, -0.2) is 24.1 Å². The summed E-state index contributed by atoms with van der Waals surface area (Å²) >= 11 is 6.30. The van der Waals surface area contributed by atoms with Crippen molar-refractivity contribution in [2.24, 2.45) is 0 Å². The summed E-state index contributed by atoms with van der Waals surface area (Å²) in [5.74, 6) is 1.07. The molecule has 2 aliphatic carbocycles. The van der Waals surface area contributed by atoms with Gasteiger partial charge in [-0.3, -0.25) is 0 Å². The van der Waals surface area contributed by atoms with Crippen LogP contribution in [0.15, 0.2) is 12.1 Å². The maximum Gasteiger partial charge on any atom is 0.128 e. The molecule has 0 aromatic carbocycles. The van der Waals surface area contributed by atoms with Crippen LogP contribution in [0.25, 0.3) is 0 Å². The predicted octanol–water partition coefficient (Wildman–Crippen LogP) is 4.15. The number of halogens is 1. The molecule has 0 bridgehead atoms. The molecule has 0 saturated heterocycles. The Hall–Kier alpha value is -0.800. The predicted molar refractivity (Wildman–Crippen MR) is 89.0 cm³/mol. The van der Waals surface area contributed by atoms with E-state index >= 15 is 0 Å². The fraction of sp³-hybridized carbons (Fsp3) is 0.706. The fourth-order valence-electron chi connectivity index (χ4n) is 3.15. The minimum atomic E-state index is 0.630. The molecule has 116 valence electrons. The lowest BCUT2D eigenvalue weighted by molar-refractivity contribution is 0.548. The highest BCUT2D eigenvalue weighted by molar-refractivity contribution is 6.31. The third-order valence-electron chi connectivity index (χ3n) is 4.77. The van der Waals surface area contributed by atoms with E-state index in [1.807, 2.05) is 6.07 Å². The second-order valence-corrected chi connectivity index (χ2v) is 6.92. The first-order valence-electron chi connectivity index (χ1n) is 8.35. The zero-order valence-electron chi connectivity index (χ0n) is 12.9. The fourth-order valence-corrected chi connectivity index (χ4v) is 3.33. The van der Waals surface area contributed by atoms with Crippen molar-refractivity contribution in [2.45, 2.75) is 70.0 Å². The van der Waals surface area contributed by atoms with Gasteiger partial charge in [0.1, 0.15) is 5.82 Å². The lowest BCUT2D eigenvalue weighted by Crippen LogP contribution is -2.32. The summed E-state index contributed by atoms with van der Waals surface area (Å²) in [5.41, 5.74) is 0.988. The van der Waals surface area contributed by atoms with E-state index in [1.165, 1.54) is 51.4 Å². The average molecular weight is 308 g/mol. The van der Waals surface area contributed by atoms with Gasteiger partial charge < -0.3 is 10.2 Å². The van der Waals surface area contributed by atoms with Crippen molar-refractivity contribution in [2.75, 3.05) is 11.9 Å². The summed E-state index contributed by atoms with van der Waals surface area (Å²) in [5, 5.41) is 4.28. The number of aromatic nitrogens is 1. The maximum atomic E-state index is 6.30. The van der Waals surface area contributed by atoms with Crippen LogP contribution < -0.4 is 10.2 Å². The van der Waals surface area contributed by atoms with E-state index in [0.29, 0.717) is 12.1 Å². The normalized spacial score (nSPS) is 20.3. The first kappa shape index (κ1) is 15.1. The van der Waals surface area contributed by atoms with Gasteiger partial charge in [0.25, 0.3) is 0 Å². The second-order valence-electron chi connectivity index (χ2n) is 6.51. The van der Waals surface area contributed by atoms with E-state index in [4.69, 9.17) is 16.6 Å². The molecule has 1 heterocycles. The van der Waals surface area contributed by atoms with Gasteiger partial charge in [0.05, 0.1) is 10.7 Å². The molecular formula is C17H26ClN3. The first-order valence-corrected chi connectivity index (χ1v) is 8.73. The van der Waals surface area contributed by atoms with E-state index in [-0.39, 0.29) is 0 Å². The van der Waals surface area contributed by atoms with Gasteiger partial charge in [0.15, 0.2) is 0 Å². The molecule has 21 heavy (non-hydrogen) atoms. The lowest BCUT2D eigenvalue weighted by Gasteiger charge is -2.28. The molecule has 4 heteroatoms. The van der Waals surface area contributed by atoms with E-state index in [0.717, 1.165) is 23.1 Å². The zero-order chi connectivity index (χ0) is 14.7. The molecule has 1 aromatic heterocycles. The Labute approximate surface area is 133 Å². The van der Waals surface area contributed by atoms with Crippen LogP contribution in [-0.2, 0) is 6.54 Å². The molecule has 0 radical (unpaired) electrons. The van der Waals surface area contributed by atoms with Crippen LogP contribution in [0.1, 0.15) is 57.1 Å². The van der Waals surface area contributed by atoms with Gasteiger partial charge in [0, 0.05) is 25.7 Å². The molecule has 2 saturated carbocycles. The monoisotopic (exact) mass is 307 g/mol. The standard InChI is InChI=1S/C17H26ClN3/c1-21(14-6-4-2-3-5-7-14)17-11-10-15(18)16(20-17)12-19-13-8-9-13/h10-11,13-14,19H,2-9,12H2,1H3. The Bertz CT molecular complexity index is 465. The van der Waals surface area contributed by atoms with Crippen molar-refractivity contribution >= 4 is 17.4 Å². The Balaban J connectivity index is 1.68. The Kier molecular flexibility index (Phi) is 5.02. The highest BCUT2D eigenvalue weighted by Gasteiger charge is 2.22. The topological polar surface area (TPSA) is 28.2 Å². The second kappa shape index (κ2) is 6.97. The summed E-state index contributed by atoms with van der Waals surface area (Å²) in [6, 6.07) is 5.38. The van der Waals surface area contributed by atoms with Crippen LogP contribution in [0.5, 0.6) is 0 Å². The molecule has 1 N–H and O–H groups in total. The number of pyridine rings is 1. The number of anilines is 1. The zero-order valence-corrected chi connectivity index (χ0v) is 13.7. The quantitative estimate of drug-likeness (QED) is 0.828. The van der Waals surface area contributed by atoms with Crippen LogP contribution in [0.4, 0.5) is 5.82 Å². The highest BCUT2D eigenvalue weighted by Crippen LogP contribution is 2.27. The molecule has 3 nitrogen and oxygen atoms in total. The number of nitrogens with zero attached hydrogens (tertiary/aromatic N) is 2. The summed E-state index contributed by atoms with van der Waals surface area (Å²) in [6.45, 7) is 0.788. The molecule has 1 aromatic rings. The van der Waals surface area contributed by atoms with Crippen molar-refractivity contribution in [1.82, 2.24) is 10.3 Å². The minimum absolute atomic E-state index is 0.630. The summed E-state index contributed by atoms with van der Waals surface area (Å²) in [7, 11) is 2.18. The van der Waals surface area contributed by atoms with Gasteiger partial charge in [-0.2, -0.15) is 0 Å². The van der Waals surface area contributed by atoms with Gasteiger partial charge in [-0.05, 0) is 37.8 Å². The van der Waals surface area contributed by atoms with Crippen molar-refractivity contribution in [3.63, 3.8) is 0 Å². The van der Waals surface area contributed by atoms with Crippen LogP contribution >= 0.6 is 11.6 Å². The number of rotatable bonds is 5. The summed E-state index contributed by atoms with van der Waals surface area (Å²) in [6.07, 6.45) is 10.6. The third-order valence-corrected chi connectivity index (χ3v) is 5.12. The Morgan fingerprint density at radius 1 is 1.14 bits per heavy atom. The van der Waals surface area contributed by atoms with Gasteiger partial charge in [-0.15, -0.1) is 0 Å². The Morgan fingerprint density at radius 2 is 1.86 bits per heavy atom. The van der Waals surface area contributed by atoms with Crippen molar-refractivity contribution in [1.29, 1.82) is 0 Å². The van der Waals surface area contributed by atoms with Crippen molar-refractivity contribution < 1.29 is 0 Å². The van der Waals surface area contributed by atoms with Crippen LogP contribution in [0, 0.1) is 0 Å². The molecule has 3 rings (SSSR count). The van der Waals surface area contributed by atoms with Crippen molar-refractivity contribution in [3.05, 3.63) is 22.8 Å². The maximum absolute atomic E-state index is 6.30. The van der Waals surface area contributed by atoms with E-state index in [1.54, 1.807) is 0 Å². The number of hydrogen-bond donors (Lipinski definition) is 1. The van der Waals surface area contributed by atoms with Crippen LogP contribution in [0.3, 0.4) is 0 Å². The van der Waals surface area contributed by atoms with Crippen LogP contribution in [0.2, 0.25) is 5.02 Å². The number of hydrogen-bond acceptors (Lipinski definition) is 3. The molecule has 2 aliphatic rings. The minimum Gasteiger partial charge on any atom is -0.357 e. The SMILES string of the molecule is CN(c1ccc(Cl)c(CNC2CC2)n1)C1CCCCCC1. The Morgan fingerprint density at radius 3 is 2.52 bits per heavy atom.